The van der Waals surface area contributed by atoms with Gasteiger partial charge < -0.3 is 10.2 Å². The van der Waals surface area contributed by atoms with Gasteiger partial charge in [0, 0.05) is 0 Å². The van der Waals surface area contributed by atoms with Crippen LogP contribution >= 0.6 is 11.6 Å². The normalized spacial score (nSPS) is 17.8. The monoisotopic (exact) mass is 333 g/mol. The third-order valence-electron chi connectivity index (χ3n) is 3.69. The van der Waals surface area contributed by atoms with Gasteiger partial charge in [0.2, 0.25) is 10.0 Å². The van der Waals surface area contributed by atoms with Crippen molar-refractivity contribution in [1.29, 1.82) is 0 Å². The summed E-state index contributed by atoms with van der Waals surface area (Å²) in [7, 11) is -3.92. The maximum atomic E-state index is 12.4. The Kier molecular flexibility index (Phi) is 4.57. The van der Waals surface area contributed by atoms with E-state index in [4.69, 9.17) is 16.7 Å². The van der Waals surface area contributed by atoms with Gasteiger partial charge in [0.15, 0.2) is 0 Å². The number of carboxylic acid groups (broad SMARTS) is 1. The fourth-order valence-corrected chi connectivity index (χ4v) is 4.20. The van der Waals surface area contributed by atoms with E-state index >= 15 is 0 Å². The molecule has 1 saturated carbocycles. The summed E-state index contributed by atoms with van der Waals surface area (Å²) in [5.41, 5.74) is -1.13. The zero-order valence-corrected chi connectivity index (χ0v) is 12.7. The summed E-state index contributed by atoms with van der Waals surface area (Å²) in [4.78, 5) is 10.8. The highest BCUT2D eigenvalue weighted by molar-refractivity contribution is 7.89. The molecule has 0 saturated heterocycles. The van der Waals surface area contributed by atoms with Crippen molar-refractivity contribution in [3.63, 3.8) is 0 Å². The number of aliphatic hydroxyl groups is 1. The number of aromatic carboxylic acids is 1. The molecule has 1 aromatic carbocycles. The molecule has 0 spiro atoms. The van der Waals surface area contributed by atoms with Gasteiger partial charge in [-0.2, -0.15) is 0 Å². The molecule has 0 aliphatic heterocycles. The van der Waals surface area contributed by atoms with E-state index in [2.05, 4.69) is 4.72 Å². The van der Waals surface area contributed by atoms with Crippen LogP contribution in [0.4, 0.5) is 0 Å². The first-order chi connectivity index (χ1) is 9.80. The van der Waals surface area contributed by atoms with Crippen molar-refractivity contribution in [3.8, 4) is 0 Å². The van der Waals surface area contributed by atoms with Crippen molar-refractivity contribution in [2.75, 3.05) is 6.61 Å². The zero-order chi connectivity index (χ0) is 15.7. The van der Waals surface area contributed by atoms with Gasteiger partial charge in [-0.1, -0.05) is 24.4 Å². The Morgan fingerprint density at radius 2 is 1.95 bits per heavy atom. The number of halogens is 1. The molecule has 0 amide bonds. The second-order valence-corrected chi connectivity index (χ2v) is 7.29. The van der Waals surface area contributed by atoms with E-state index < -0.39 is 21.5 Å². The van der Waals surface area contributed by atoms with Gasteiger partial charge in [-0.25, -0.2) is 17.9 Å². The first-order valence-corrected chi connectivity index (χ1v) is 8.33. The lowest BCUT2D eigenvalue weighted by Gasteiger charge is -2.27. The molecule has 0 bridgehead atoms. The fourth-order valence-electron chi connectivity index (χ4n) is 2.52. The molecule has 8 heteroatoms. The summed E-state index contributed by atoms with van der Waals surface area (Å²) in [6.45, 7) is -0.286. The van der Waals surface area contributed by atoms with E-state index in [1.54, 1.807) is 0 Å². The smallest absolute Gasteiger partial charge is 0.337 e. The summed E-state index contributed by atoms with van der Waals surface area (Å²) in [5, 5.41) is 18.4. The average Bonchev–Trinajstić information content (AvgIpc) is 2.87. The SMILES string of the molecule is O=C(O)c1cc(S(=O)(=O)NC2(CO)CCCC2)ccc1Cl. The highest BCUT2D eigenvalue weighted by atomic mass is 35.5. The Labute approximate surface area is 127 Å². The van der Waals surface area contributed by atoms with E-state index in [1.807, 2.05) is 0 Å². The predicted octanol–water partition coefficient (Wildman–Crippen LogP) is 1.62. The van der Waals surface area contributed by atoms with Gasteiger partial charge in [0.25, 0.3) is 0 Å². The molecule has 0 unspecified atom stereocenters. The van der Waals surface area contributed by atoms with Gasteiger partial charge in [-0.05, 0) is 31.0 Å². The number of rotatable bonds is 5. The molecule has 0 radical (unpaired) electrons. The molecule has 21 heavy (non-hydrogen) atoms. The van der Waals surface area contributed by atoms with Crippen LogP contribution in [0.1, 0.15) is 36.0 Å². The van der Waals surface area contributed by atoms with Crippen molar-refractivity contribution in [2.24, 2.45) is 0 Å². The highest BCUT2D eigenvalue weighted by Gasteiger charge is 2.37. The number of carboxylic acids is 1. The lowest BCUT2D eigenvalue weighted by atomic mass is 10.0. The van der Waals surface area contributed by atoms with E-state index in [9.17, 15) is 18.3 Å². The summed E-state index contributed by atoms with van der Waals surface area (Å²) < 4.78 is 27.3. The first kappa shape index (κ1) is 16.2. The predicted molar refractivity (Wildman–Crippen MR) is 77.0 cm³/mol. The summed E-state index contributed by atoms with van der Waals surface area (Å²) in [6.07, 6.45) is 2.79. The van der Waals surface area contributed by atoms with Gasteiger partial charge in [-0.15, -0.1) is 0 Å². The Hall–Kier alpha value is -1.15. The Morgan fingerprint density at radius 3 is 2.48 bits per heavy atom. The largest absolute Gasteiger partial charge is 0.478 e. The topological polar surface area (TPSA) is 104 Å². The zero-order valence-electron chi connectivity index (χ0n) is 11.2. The molecule has 6 nitrogen and oxygen atoms in total. The molecule has 0 atom stereocenters. The van der Waals surface area contributed by atoms with E-state index in [0.717, 1.165) is 18.9 Å². The van der Waals surface area contributed by atoms with Crippen molar-refractivity contribution >= 4 is 27.6 Å². The molecule has 2 rings (SSSR count). The van der Waals surface area contributed by atoms with Gasteiger partial charge >= 0.3 is 5.97 Å². The molecule has 0 aromatic heterocycles. The fraction of sp³-hybridized carbons (Fsp3) is 0.462. The second-order valence-electron chi connectivity index (χ2n) is 5.20. The molecule has 0 heterocycles. The van der Waals surface area contributed by atoms with E-state index in [0.29, 0.717) is 12.8 Å². The van der Waals surface area contributed by atoms with Crippen LogP contribution in [-0.4, -0.2) is 36.7 Å². The quantitative estimate of drug-likeness (QED) is 0.759. The van der Waals surface area contributed by atoms with Crippen LogP contribution in [0.25, 0.3) is 0 Å². The van der Waals surface area contributed by atoms with Crippen LogP contribution in [0.3, 0.4) is 0 Å². The van der Waals surface area contributed by atoms with Crippen LogP contribution in [0.2, 0.25) is 5.02 Å². The Bertz CT molecular complexity index is 653. The van der Waals surface area contributed by atoms with Crippen LogP contribution in [-0.2, 0) is 10.0 Å². The van der Waals surface area contributed by atoms with Crippen molar-refractivity contribution in [2.45, 2.75) is 36.1 Å². The van der Waals surface area contributed by atoms with Crippen LogP contribution < -0.4 is 4.72 Å². The second kappa shape index (κ2) is 5.92. The summed E-state index contributed by atoms with van der Waals surface area (Å²) in [5.74, 6) is -1.30. The van der Waals surface area contributed by atoms with E-state index in [-0.39, 0.29) is 22.1 Å². The molecule has 1 aliphatic rings. The first-order valence-electron chi connectivity index (χ1n) is 6.47. The minimum atomic E-state index is -3.92. The molecule has 1 aliphatic carbocycles. The van der Waals surface area contributed by atoms with Crippen LogP contribution in [0.15, 0.2) is 23.1 Å². The number of sulfonamides is 1. The minimum absolute atomic E-state index is 0.0285. The molecular weight excluding hydrogens is 318 g/mol. The standard InChI is InChI=1S/C13H16ClNO5S/c14-11-4-3-9(7-10(11)12(17)18)21(19,20)15-13(8-16)5-1-2-6-13/h3-4,7,15-16H,1-2,5-6,8H2,(H,17,18). The third kappa shape index (κ3) is 3.37. The minimum Gasteiger partial charge on any atom is -0.478 e. The Morgan fingerprint density at radius 1 is 1.33 bits per heavy atom. The van der Waals surface area contributed by atoms with Crippen molar-refractivity contribution < 1.29 is 23.4 Å². The highest BCUT2D eigenvalue weighted by Crippen LogP contribution is 2.31. The van der Waals surface area contributed by atoms with Crippen molar-refractivity contribution in [3.05, 3.63) is 28.8 Å². The molecule has 3 N–H and O–H groups in total. The van der Waals surface area contributed by atoms with E-state index in [1.165, 1.54) is 12.1 Å². The third-order valence-corrected chi connectivity index (χ3v) is 5.60. The molecule has 116 valence electrons. The van der Waals surface area contributed by atoms with Crippen LogP contribution in [0, 0.1) is 0 Å². The lowest BCUT2D eigenvalue weighted by Crippen LogP contribution is -2.49. The van der Waals surface area contributed by atoms with Crippen molar-refractivity contribution in [1.82, 2.24) is 4.72 Å². The number of benzene rings is 1. The maximum Gasteiger partial charge on any atom is 0.337 e. The van der Waals surface area contributed by atoms with Gasteiger partial charge in [0.05, 0.1) is 27.6 Å². The average molecular weight is 334 g/mol. The molecular formula is C13H16ClNO5S. The van der Waals surface area contributed by atoms with Gasteiger partial charge in [0.1, 0.15) is 0 Å². The number of hydrogen-bond donors (Lipinski definition) is 3. The summed E-state index contributed by atoms with van der Waals surface area (Å²) in [6, 6.07) is 3.50. The maximum absolute atomic E-state index is 12.4. The number of nitrogens with one attached hydrogen (secondary N) is 1. The lowest BCUT2D eigenvalue weighted by molar-refractivity contribution is 0.0697. The number of carbonyl (C=O) groups is 1. The number of aliphatic hydroxyl groups excluding tert-OH is 1. The molecule has 1 aromatic rings. The molecule has 1 fully saturated rings. The van der Waals surface area contributed by atoms with Gasteiger partial charge in [-0.3, -0.25) is 0 Å². The van der Waals surface area contributed by atoms with Crippen LogP contribution in [0.5, 0.6) is 0 Å². The summed E-state index contributed by atoms with van der Waals surface area (Å²) >= 11 is 5.73. The number of hydrogen-bond acceptors (Lipinski definition) is 4. The Balaban J connectivity index is 2.36.